The quantitative estimate of drug-likeness (QED) is 0.0248. The SMILES string of the molecule is CCCC(C)C(CCC)C(C)Cc1ccc(OP(=S)([S-])Oc2ccc(CC(C)C(CCC)C(C)CCC)cc2)cc1.CCCC(C)C(CCC)C(C)Cc1ccc(OP(=S)([S-])Oc2ccc(CC(C)C(CCC)C(C)CCC)cc2)cc1.[Zn+2]. The molecule has 83 heavy (non-hydrogen) atoms. The molecule has 464 valence electrons. The Bertz CT molecular complexity index is 2060. The summed E-state index contributed by atoms with van der Waals surface area (Å²) in [6, 6.07) is 33.3. The molecule has 11 heteroatoms. The molecule has 0 saturated carbocycles. The van der Waals surface area contributed by atoms with Crippen LogP contribution in [0.25, 0.3) is 0 Å². The molecule has 12 atom stereocenters. The van der Waals surface area contributed by atoms with Crippen LogP contribution in [0.2, 0.25) is 0 Å². The summed E-state index contributed by atoms with van der Waals surface area (Å²) < 4.78 is 24.2. The summed E-state index contributed by atoms with van der Waals surface area (Å²) in [6.45, 7) is 37.8. The monoisotopic (exact) mass is 1300 g/mol. The molecular formula is C72H116O4P2S4Zn. The van der Waals surface area contributed by atoms with Gasteiger partial charge in [-0.15, -0.1) is 0 Å². The number of hydrogen-bond acceptors (Lipinski definition) is 8. The summed E-state index contributed by atoms with van der Waals surface area (Å²) in [5.41, 5.74) is -0.446. The molecule has 0 amide bonds. The van der Waals surface area contributed by atoms with Crippen molar-refractivity contribution in [2.24, 2.45) is 71.0 Å². The van der Waals surface area contributed by atoms with E-state index in [4.69, 9.17) is 66.2 Å². The minimum atomic E-state index is -2.90. The van der Waals surface area contributed by atoms with Gasteiger partial charge in [-0.1, -0.05) is 262 Å². The maximum Gasteiger partial charge on any atom is 2.00 e. The summed E-state index contributed by atoms with van der Waals surface area (Å²) in [5, 5.41) is 0. The minimum absolute atomic E-state index is 0. The molecule has 4 rings (SSSR count). The molecule has 0 aliphatic rings. The molecule has 0 aromatic heterocycles. The summed E-state index contributed by atoms with van der Waals surface area (Å²) in [4.78, 5) is 0. The Balaban J connectivity index is 0.000000560. The van der Waals surface area contributed by atoms with Gasteiger partial charge in [0.05, 0.1) is 0 Å². The van der Waals surface area contributed by atoms with E-state index in [9.17, 15) is 0 Å². The Hall–Kier alpha value is -1.30. The van der Waals surface area contributed by atoms with Gasteiger partial charge in [0, 0.05) is 0 Å². The Morgan fingerprint density at radius 3 is 0.590 bits per heavy atom. The molecule has 0 fully saturated rings. The average Bonchev–Trinajstić information content (AvgIpc) is 3.43. The first-order valence-corrected chi connectivity index (χ1v) is 40.1. The fraction of sp³-hybridized carbons (Fsp3) is 0.667. The van der Waals surface area contributed by atoms with Gasteiger partial charge < -0.3 is 42.6 Å². The Morgan fingerprint density at radius 2 is 0.446 bits per heavy atom. The normalized spacial score (nSPS) is 17.4. The predicted octanol–water partition coefficient (Wildman–Crippen LogP) is 24.0. The summed E-state index contributed by atoms with van der Waals surface area (Å²) in [5.74, 6) is 11.5. The fourth-order valence-electron chi connectivity index (χ4n) is 13.9. The molecule has 4 aromatic carbocycles. The summed E-state index contributed by atoms with van der Waals surface area (Å²) >= 11 is 22.5. The number of rotatable bonds is 40. The van der Waals surface area contributed by atoms with E-state index in [1.807, 2.05) is 48.5 Å². The maximum absolute atomic E-state index is 6.04. The molecule has 0 spiro atoms. The van der Waals surface area contributed by atoms with Gasteiger partial charge in [0.2, 0.25) is 0 Å². The van der Waals surface area contributed by atoms with Crippen LogP contribution < -0.4 is 18.1 Å². The van der Waals surface area contributed by atoms with Crippen LogP contribution in [0.4, 0.5) is 0 Å². The first-order valence-electron chi connectivity index (χ1n) is 32.8. The van der Waals surface area contributed by atoms with Crippen LogP contribution >= 0.6 is 11.4 Å². The van der Waals surface area contributed by atoms with Crippen molar-refractivity contribution < 1.29 is 37.6 Å². The van der Waals surface area contributed by atoms with Crippen molar-refractivity contribution in [3.8, 4) is 23.0 Å². The van der Waals surface area contributed by atoms with E-state index in [1.165, 1.54) is 125 Å². The maximum atomic E-state index is 6.04. The molecule has 0 aliphatic heterocycles. The molecule has 0 radical (unpaired) electrons. The number of benzene rings is 4. The molecule has 4 nitrogen and oxygen atoms in total. The van der Waals surface area contributed by atoms with E-state index in [1.54, 1.807) is 0 Å². The van der Waals surface area contributed by atoms with Gasteiger partial charge in [-0.3, -0.25) is 0 Å². The van der Waals surface area contributed by atoms with Gasteiger partial charge in [0.1, 0.15) is 23.0 Å². The van der Waals surface area contributed by atoms with Gasteiger partial charge in [-0.25, -0.2) is 0 Å². The van der Waals surface area contributed by atoms with E-state index in [0.717, 1.165) is 73.0 Å². The van der Waals surface area contributed by atoms with E-state index in [0.29, 0.717) is 46.7 Å². The Morgan fingerprint density at radius 1 is 0.289 bits per heavy atom. The van der Waals surface area contributed by atoms with Gasteiger partial charge in [-0.2, -0.15) is 0 Å². The van der Waals surface area contributed by atoms with E-state index < -0.39 is 11.4 Å². The van der Waals surface area contributed by atoms with Gasteiger partial charge in [0.15, 0.2) is 11.4 Å². The van der Waals surface area contributed by atoms with E-state index in [-0.39, 0.29) is 19.5 Å². The molecular weight excluding hydrogens is 1180 g/mol. The third-order valence-electron chi connectivity index (χ3n) is 18.1. The van der Waals surface area contributed by atoms with Crippen LogP contribution in [0, 0.1) is 71.0 Å². The van der Waals surface area contributed by atoms with Gasteiger partial charge in [0.25, 0.3) is 0 Å². The van der Waals surface area contributed by atoms with Gasteiger partial charge >= 0.3 is 19.5 Å². The smallest absolute Gasteiger partial charge is 0.665 e. The zero-order valence-corrected chi connectivity index (χ0v) is 63.2. The van der Waals surface area contributed by atoms with Crippen molar-refractivity contribution in [2.75, 3.05) is 0 Å². The van der Waals surface area contributed by atoms with Crippen molar-refractivity contribution in [3.05, 3.63) is 119 Å². The van der Waals surface area contributed by atoms with Crippen LogP contribution in [0.5, 0.6) is 23.0 Å². The third kappa shape index (κ3) is 29.3. The predicted molar refractivity (Wildman–Crippen MR) is 373 cm³/mol. The van der Waals surface area contributed by atoms with Crippen molar-refractivity contribution in [1.82, 2.24) is 0 Å². The van der Waals surface area contributed by atoms with Crippen LogP contribution in [0.3, 0.4) is 0 Å². The van der Waals surface area contributed by atoms with Crippen LogP contribution in [0.1, 0.15) is 236 Å². The minimum Gasteiger partial charge on any atom is -0.665 e. The molecule has 0 aliphatic carbocycles. The molecule has 4 aromatic rings. The average molecular weight is 1300 g/mol. The molecule has 0 bridgehead atoms. The van der Waals surface area contributed by atoms with Crippen molar-refractivity contribution in [2.45, 2.75) is 239 Å². The van der Waals surface area contributed by atoms with Crippen molar-refractivity contribution >= 4 is 59.5 Å². The van der Waals surface area contributed by atoms with Crippen LogP contribution in [0.15, 0.2) is 97.1 Å². The molecule has 12 unspecified atom stereocenters. The zero-order chi connectivity index (χ0) is 60.8. The second-order valence-electron chi connectivity index (χ2n) is 25.4. The largest absolute Gasteiger partial charge is 2.00 e. The fourth-order valence-corrected chi connectivity index (χ4v) is 17.6. The summed E-state index contributed by atoms with van der Waals surface area (Å²) in [6.07, 6.45) is 24.8. The van der Waals surface area contributed by atoms with Crippen molar-refractivity contribution in [3.63, 3.8) is 0 Å². The molecule has 0 heterocycles. The summed E-state index contributed by atoms with van der Waals surface area (Å²) in [7, 11) is 0. The first-order chi connectivity index (χ1) is 39.1. The standard InChI is InChI=1S/2C36H59O2PS2.Zn/c2*1-9-13-27(5)35(15-11-3)29(7)25-31-17-21-33(22-18-31)37-39(40,41)38-34-23-19-32(20-24-34)26-30(8)36(16-12-4)28(6)14-10-2;/h2*17-24,27-30,35-36H,9-16,25-26H2,1-8H3,(H,40,41);/q;;+2/p-2. The first kappa shape index (κ1) is 77.8. The third-order valence-corrected chi connectivity index (χ3v) is 21.6. The van der Waals surface area contributed by atoms with Crippen molar-refractivity contribution in [1.29, 1.82) is 0 Å². The molecule has 0 N–H and O–H groups in total. The van der Waals surface area contributed by atoms with E-state index >= 15 is 0 Å². The van der Waals surface area contributed by atoms with E-state index in [2.05, 4.69) is 159 Å². The molecule has 0 saturated heterocycles. The van der Waals surface area contributed by atoms with Gasteiger partial charge in [-0.05, 0) is 191 Å². The second kappa shape index (κ2) is 41.8. The van der Waals surface area contributed by atoms with Crippen LogP contribution in [-0.2, 0) is 93.3 Å². The number of hydrogen-bond donors (Lipinski definition) is 0. The van der Waals surface area contributed by atoms with Crippen LogP contribution in [-0.4, -0.2) is 0 Å². The Kier molecular flexibility index (Phi) is 39.2. The topological polar surface area (TPSA) is 36.9 Å². The Labute approximate surface area is 545 Å². The second-order valence-corrected chi connectivity index (χ2v) is 35.1. The zero-order valence-electron chi connectivity index (χ0n) is 55.2.